The van der Waals surface area contributed by atoms with E-state index in [-0.39, 0.29) is 52.5 Å². The molecule has 6 nitrogen and oxygen atoms in total. The predicted octanol–water partition coefficient (Wildman–Crippen LogP) is 1.66. The maximum Gasteiger partial charge on any atom is 1.00 e. The van der Waals surface area contributed by atoms with Gasteiger partial charge in [-0.3, -0.25) is 4.31 Å². The van der Waals surface area contributed by atoms with Gasteiger partial charge in [-0.2, -0.15) is 13.2 Å². The summed E-state index contributed by atoms with van der Waals surface area (Å²) >= 11 is 0. The smallest absolute Gasteiger partial charge is 0.545 e. The van der Waals surface area contributed by atoms with Crippen LogP contribution in [0.25, 0.3) is 6.08 Å². The Bertz CT molecular complexity index is 1340. The molecule has 0 aliphatic heterocycles. The van der Waals surface area contributed by atoms with Crippen molar-refractivity contribution in [3.63, 3.8) is 0 Å². The minimum absolute atomic E-state index is 0. The van der Waals surface area contributed by atoms with Crippen molar-refractivity contribution < 1.29 is 65.8 Å². The molecule has 3 aromatic carbocycles. The normalized spacial score (nSPS) is 11.8. The summed E-state index contributed by atoms with van der Waals surface area (Å²) in [5.41, 5.74) is 0.133. The molecule has 11 heteroatoms. The van der Waals surface area contributed by atoms with Gasteiger partial charge in [0.15, 0.2) is 0 Å². The number of alkyl halides is 3. The molecule has 0 radical (unpaired) electrons. The average molecular weight is 542 g/mol. The number of carbonyl (C=O) groups excluding carboxylic acids is 1. The topological polar surface area (TPSA) is 86.7 Å². The summed E-state index contributed by atoms with van der Waals surface area (Å²) in [6.45, 7) is 3.07. The second kappa shape index (κ2) is 12.6. The molecule has 0 fully saturated rings. The number of sulfonamides is 1. The molecule has 37 heavy (non-hydrogen) atoms. The molecule has 0 bridgehead atoms. The first-order valence-electron chi connectivity index (χ1n) is 10.8. The Labute approximate surface area is 235 Å². The van der Waals surface area contributed by atoms with Gasteiger partial charge in [0.2, 0.25) is 0 Å². The molecule has 0 saturated heterocycles. The predicted molar refractivity (Wildman–Crippen MR) is 128 cm³/mol. The number of nitrogens with zero attached hydrogens (tertiary/aromatic N) is 1. The fourth-order valence-corrected chi connectivity index (χ4v) is 5.12. The minimum atomic E-state index is -4.66. The zero-order valence-electron chi connectivity index (χ0n) is 20.4. The summed E-state index contributed by atoms with van der Waals surface area (Å²) < 4.78 is 74.0. The fraction of sp³-hybridized carbons (Fsp3) is 0.192. The number of hydrogen-bond donors (Lipinski definition) is 0. The Hall–Kier alpha value is -2.79. The van der Waals surface area contributed by atoms with Crippen LogP contribution in [0.4, 0.5) is 18.9 Å². The second-order valence-corrected chi connectivity index (χ2v) is 9.89. The first-order valence-corrected chi connectivity index (χ1v) is 12.2. The summed E-state index contributed by atoms with van der Waals surface area (Å²) in [5.74, 6) is -1.60. The fourth-order valence-electron chi connectivity index (χ4n) is 3.43. The number of carboxylic acids is 1. The number of ether oxygens (including phenoxy) is 1. The van der Waals surface area contributed by atoms with Crippen molar-refractivity contribution in [1.82, 2.24) is 0 Å². The summed E-state index contributed by atoms with van der Waals surface area (Å²) in [6.07, 6.45) is -2.46. The Kier molecular flexibility index (Phi) is 10.4. The van der Waals surface area contributed by atoms with Crippen molar-refractivity contribution in [2.24, 2.45) is 0 Å². The van der Waals surface area contributed by atoms with E-state index in [2.05, 4.69) is 0 Å². The summed E-state index contributed by atoms with van der Waals surface area (Å²) in [5, 5.41) is 10.5. The van der Waals surface area contributed by atoms with Crippen molar-refractivity contribution in [1.29, 1.82) is 0 Å². The van der Waals surface area contributed by atoms with Crippen LogP contribution in [0.2, 0.25) is 0 Å². The second-order valence-electron chi connectivity index (χ2n) is 8.07. The molecule has 3 aromatic rings. The van der Waals surface area contributed by atoms with Crippen LogP contribution in [0.3, 0.4) is 0 Å². The van der Waals surface area contributed by atoms with Crippen molar-refractivity contribution in [3.05, 3.63) is 95.6 Å². The third kappa shape index (κ3) is 7.85. The van der Waals surface area contributed by atoms with Crippen LogP contribution in [-0.4, -0.2) is 20.4 Å². The Morgan fingerprint density at radius 1 is 1.03 bits per heavy atom. The van der Waals surface area contributed by atoms with E-state index in [0.717, 1.165) is 28.6 Å². The molecule has 190 valence electrons. The van der Waals surface area contributed by atoms with Gasteiger partial charge in [0.25, 0.3) is 10.0 Å². The van der Waals surface area contributed by atoms with E-state index in [1.807, 2.05) is 0 Å². The van der Waals surface area contributed by atoms with Crippen LogP contribution in [0.5, 0.6) is 5.75 Å². The van der Waals surface area contributed by atoms with Crippen LogP contribution in [0.15, 0.2) is 83.8 Å². The molecule has 0 saturated carbocycles. The van der Waals surface area contributed by atoms with Gasteiger partial charge in [-0.25, -0.2) is 8.42 Å². The van der Waals surface area contributed by atoms with Gasteiger partial charge in [-0.05, 0) is 61.4 Å². The largest absolute Gasteiger partial charge is 1.00 e. The summed E-state index contributed by atoms with van der Waals surface area (Å²) in [7, 11) is -4.11. The van der Waals surface area contributed by atoms with Crippen molar-refractivity contribution in [2.75, 3.05) is 4.31 Å². The van der Waals surface area contributed by atoms with Gasteiger partial charge in [0.1, 0.15) is 12.4 Å². The van der Waals surface area contributed by atoms with Crippen molar-refractivity contribution in [2.45, 2.75) is 37.6 Å². The standard InChI is InChI=1S/C26H24F3NO5S.Na/c1-18(2)30(36(33,34)22-6-4-3-5-7-22)23-14-13-21(26(27,28)29)16-24(23)35-17-20-10-8-19(9-11-20)12-15-25(31)32;/h3-16,18H,17H2,1-2H3,(H,31,32);/q;+1/p-1/b15-12+;. The van der Waals surface area contributed by atoms with Crippen LogP contribution in [0, 0.1) is 0 Å². The molecule has 3 rings (SSSR count). The van der Waals surface area contributed by atoms with Crippen molar-refractivity contribution in [3.8, 4) is 5.75 Å². The molecular weight excluding hydrogens is 518 g/mol. The monoisotopic (exact) mass is 541 g/mol. The van der Waals surface area contributed by atoms with Gasteiger partial charge in [0, 0.05) is 6.04 Å². The number of rotatable bonds is 9. The van der Waals surface area contributed by atoms with E-state index < -0.39 is 33.8 Å². The molecule has 0 N–H and O–H groups in total. The summed E-state index contributed by atoms with van der Waals surface area (Å²) in [4.78, 5) is 10.5. The van der Waals surface area contributed by atoms with E-state index in [4.69, 9.17) is 4.74 Å². The van der Waals surface area contributed by atoms with Crippen LogP contribution in [0.1, 0.15) is 30.5 Å². The minimum Gasteiger partial charge on any atom is -0.545 e. The Balaban J connectivity index is 0.00000481. The zero-order valence-corrected chi connectivity index (χ0v) is 23.2. The number of hydrogen-bond acceptors (Lipinski definition) is 5. The molecular formula is C26H23F3NNaO5S. The molecule has 0 aliphatic carbocycles. The number of halogens is 3. The van der Waals surface area contributed by atoms with Crippen LogP contribution >= 0.6 is 0 Å². The van der Waals surface area contributed by atoms with Gasteiger partial charge in [0.05, 0.1) is 22.1 Å². The molecule has 0 heterocycles. The molecule has 0 aromatic heterocycles. The maximum absolute atomic E-state index is 13.5. The molecule has 0 aliphatic rings. The molecule has 0 amide bonds. The van der Waals surface area contributed by atoms with Crippen molar-refractivity contribution >= 4 is 27.8 Å². The number of benzene rings is 3. The molecule has 0 unspecified atom stereocenters. The Morgan fingerprint density at radius 2 is 1.65 bits per heavy atom. The SMILES string of the molecule is CC(C)N(c1ccc(C(F)(F)F)cc1OCc1ccc(/C=C/C(=O)[O-])cc1)S(=O)(=O)c1ccccc1.[Na+]. The van der Waals surface area contributed by atoms with E-state index in [1.54, 1.807) is 56.3 Å². The maximum atomic E-state index is 13.5. The number of carboxylic acid groups (broad SMARTS) is 1. The van der Waals surface area contributed by atoms with Crippen LogP contribution < -0.4 is 43.7 Å². The quantitative estimate of drug-likeness (QED) is 0.304. The van der Waals surface area contributed by atoms with E-state index in [0.29, 0.717) is 11.1 Å². The van der Waals surface area contributed by atoms with E-state index in [9.17, 15) is 31.5 Å². The molecule has 0 atom stereocenters. The van der Waals surface area contributed by atoms with Gasteiger partial charge >= 0.3 is 35.7 Å². The third-order valence-electron chi connectivity index (χ3n) is 5.08. The number of carbonyl (C=O) groups is 1. The Morgan fingerprint density at radius 3 is 2.19 bits per heavy atom. The van der Waals surface area contributed by atoms with Gasteiger partial charge < -0.3 is 14.6 Å². The van der Waals surface area contributed by atoms with E-state index in [1.165, 1.54) is 18.2 Å². The first kappa shape index (κ1) is 30.4. The molecule has 0 spiro atoms. The van der Waals surface area contributed by atoms with Crippen LogP contribution in [-0.2, 0) is 27.6 Å². The zero-order chi connectivity index (χ0) is 26.5. The van der Waals surface area contributed by atoms with Gasteiger partial charge in [-0.1, -0.05) is 48.5 Å². The average Bonchev–Trinajstić information content (AvgIpc) is 2.82. The van der Waals surface area contributed by atoms with E-state index >= 15 is 0 Å². The number of aliphatic carboxylic acids is 1. The first-order chi connectivity index (χ1) is 16.9. The van der Waals surface area contributed by atoms with Gasteiger partial charge in [-0.15, -0.1) is 0 Å². The third-order valence-corrected chi connectivity index (χ3v) is 7.08. The summed E-state index contributed by atoms with van der Waals surface area (Å²) in [6, 6.07) is 16.1. The number of anilines is 1.